The van der Waals surface area contributed by atoms with Crippen LogP contribution >= 0.6 is 0 Å². The molecule has 184 valence electrons. The maximum absolute atomic E-state index is 14.5. The molecule has 35 heavy (non-hydrogen) atoms. The van der Waals surface area contributed by atoms with E-state index in [4.69, 9.17) is 14.6 Å². The number of hydrogen-bond donors (Lipinski definition) is 0. The lowest BCUT2D eigenvalue weighted by Gasteiger charge is -2.27. The van der Waals surface area contributed by atoms with Gasteiger partial charge in [-0.25, -0.2) is 14.1 Å². The molecule has 1 fully saturated rings. The van der Waals surface area contributed by atoms with Crippen LogP contribution < -0.4 is 4.74 Å². The maximum Gasteiger partial charge on any atom is 0.250 e. The molecule has 3 aromatic rings. The number of ether oxygens (including phenoxy) is 2. The van der Waals surface area contributed by atoms with Crippen molar-refractivity contribution in [1.29, 1.82) is 0 Å². The molecule has 0 saturated carbocycles. The Morgan fingerprint density at radius 2 is 2.06 bits per heavy atom. The van der Waals surface area contributed by atoms with Gasteiger partial charge in [-0.3, -0.25) is 9.78 Å². The Balaban J connectivity index is 1.58. The van der Waals surface area contributed by atoms with Crippen molar-refractivity contribution >= 4 is 5.91 Å². The first-order chi connectivity index (χ1) is 17.1. The van der Waals surface area contributed by atoms with Crippen molar-refractivity contribution in [3.05, 3.63) is 53.4 Å². The minimum absolute atomic E-state index is 0.0427. The third-order valence-electron chi connectivity index (χ3n) is 6.74. The Hall–Kier alpha value is -3.33. The van der Waals surface area contributed by atoms with Crippen LogP contribution in [0.3, 0.4) is 0 Å². The minimum Gasteiger partial charge on any atom is -0.479 e. The van der Waals surface area contributed by atoms with Gasteiger partial charge in [-0.2, -0.15) is 5.10 Å². The van der Waals surface area contributed by atoms with Crippen LogP contribution in [0.25, 0.3) is 16.9 Å². The van der Waals surface area contributed by atoms with Gasteiger partial charge in [-0.1, -0.05) is 13.3 Å². The van der Waals surface area contributed by atoms with Crippen LogP contribution in [0.2, 0.25) is 0 Å². The summed E-state index contributed by atoms with van der Waals surface area (Å²) in [5.41, 5.74) is 5.25. The SMILES string of the molecule is CCCC(c1cc(-c2nn(-c3cnc(OC)c(F)c3)c3c2CCOCC3)ccn1)N1CCCC1=O. The van der Waals surface area contributed by atoms with E-state index in [1.165, 1.54) is 13.2 Å². The average molecular weight is 480 g/mol. The summed E-state index contributed by atoms with van der Waals surface area (Å²) < 4.78 is 27.0. The zero-order valence-corrected chi connectivity index (χ0v) is 20.2. The van der Waals surface area contributed by atoms with Crippen molar-refractivity contribution in [3.8, 4) is 22.8 Å². The van der Waals surface area contributed by atoms with Gasteiger partial charge in [0.05, 0.1) is 55.3 Å². The standard InChI is InChI=1S/C26H30FN5O3/c1-3-5-23(31-11-4-6-24(31)33)21-14-17(7-10-28-21)25-19-8-12-35-13-9-22(19)32(30-25)18-15-20(27)26(34-2)29-16-18/h7,10,14-16,23H,3-6,8-9,11-13H2,1-2H3. The molecule has 3 aromatic heterocycles. The van der Waals surface area contributed by atoms with E-state index in [-0.39, 0.29) is 17.8 Å². The fourth-order valence-corrected chi connectivity index (χ4v) is 5.09. The van der Waals surface area contributed by atoms with E-state index in [0.717, 1.165) is 54.0 Å². The Morgan fingerprint density at radius 3 is 2.80 bits per heavy atom. The number of aromatic nitrogens is 4. The Labute approximate surface area is 204 Å². The van der Waals surface area contributed by atoms with E-state index in [1.54, 1.807) is 17.1 Å². The first-order valence-electron chi connectivity index (χ1n) is 12.2. The molecule has 0 bridgehead atoms. The third kappa shape index (κ3) is 4.52. The Morgan fingerprint density at radius 1 is 1.20 bits per heavy atom. The smallest absolute Gasteiger partial charge is 0.250 e. The van der Waals surface area contributed by atoms with Gasteiger partial charge in [0, 0.05) is 42.8 Å². The number of amides is 1. The van der Waals surface area contributed by atoms with E-state index in [2.05, 4.69) is 23.0 Å². The van der Waals surface area contributed by atoms with E-state index in [1.807, 2.05) is 11.0 Å². The molecule has 0 spiro atoms. The van der Waals surface area contributed by atoms with E-state index in [9.17, 15) is 9.18 Å². The summed E-state index contributed by atoms with van der Waals surface area (Å²) >= 11 is 0. The molecule has 0 radical (unpaired) electrons. The van der Waals surface area contributed by atoms with Crippen molar-refractivity contribution in [2.75, 3.05) is 26.9 Å². The number of nitrogens with zero attached hydrogens (tertiary/aromatic N) is 5. The molecular weight excluding hydrogens is 449 g/mol. The molecule has 2 aliphatic heterocycles. The van der Waals surface area contributed by atoms with Crippen LogP contribution in [-0.4, -0.2) is 57.4 Å². The molecule has 1 unspecified atom stereocenters. The summed E-state index contributed by atoms with van der Waals surface area (Å²) in [4.78, 5) is 23.2. The van der Waals surface area contributed by atoms with Crippen molar-refractivity contribution in [3.63, 3.8) is 0 Å². The van der Waals surface area contributed by atoms with Crippen molar-refractivity contribution in [2.45, 2.75) is 51.5 Å². The molecule has 2 aliphatic rings. The number of methoxy groups -OCH3 is 1. The zero-order valence-electron chi connectivity index (χ0n) is 20.2. The number of carbonyl (C=O) groups excluding carboxylic acids is 1. The van der Waals surface area contributed by atoms with Gasteiger partial charge in [0.2, 0.25) is 11.8 Å². The van der Waals surface area contributed by atoms with Crippen LogP contribution in [0, 0.1) is 5.82 Å². The lowest BCUT2D eigenvalue weighted by Crippen LogP contribution is -2.30. The summed E-state index contributed by atoms with van der Waals surface area (Å²) in [6.45, 7) is 4.06. The highest BCUT2D eigenvalue weighted by atomic mass is 19.1. The summed E-state index contributed by atoms with van der Waals surface area (Å²) in [5.74, 6) is -0.391. The molecule has 5 heterocycles. The predicted octanol–water partition coefficient (Wildman–Crippen LogP) is 4.06. The second-order valence-electron chi connectivity index (χ2n) is 8.95. The summed E-state index contributed by atoms with van der Waals surface area (Å²) in [6.07, 6.45) is 8.04. The van der Waals surface area contributed by atoms with Crippen molar-refractivity contribution < 1.29 is 18.7 Å². The van der Waals surface area contributed by atoms with Crippen LogP contribution in [0.15, 0.2) is 30.6 Å². The molecule has 5 rings (SSSR count). The van der Waals surface area contributed by atoms with Gasteiger partial charge in [-0.05, 0) is 31.4 Å². The lowest BCUT2D eigenvalue weighted by atomic mass is 10.00. The second-order valence-corrected chi connectivity index (χ2v) is 8.95. The molecule has 0 N–H and O–H groups in total. The van der Waals surface area contributed by atoms with E-state index >= 15 is 0 Å². The minimum atomic E-state index is -0.537. The van der Waals surface area contributed by atoms with Crippen LogP contribution in [-0.2, 0) is 22.4 Å². The van der Waals surface area contributed by atoms with Gasteiger partial charge in [0.25, 0.3) is 0 Å². The Bertz CT molecular complexity index is 1230. The predicted molar refractivity (Wildman–Crippen MR) is 128 cm³/mol. The van der Waals surface area contributed by atoms with Crippen LogP contribution in [0.4, 0.5) is 4.39 Å². The first kappa shape index (κ1) is 23.4. The number of carbonyl (C=O) groups is 1. The fraction of sp³-hybridized carbons (Fsp3) is 0.462. The van der Waals surface area contributed by atoms with Crippen molar-refractivity contribution in [1.82, 2.24) is 24.6 Å². The fourth-order valence-electron chi connectivity index (χ4n) is 5.09. The van der Waals surface area contributed by atoms with Gasteiger partial charge in [0.1, 0.15) is 0 Å². The highest BCUT2D eigenvalue weighted by Gasteiger charge is 2.30. The number of halogens is 1. The number of likely N-dealkylation sites (tertiary alicyclic amines) is 1. The Kier molecular flexibility index (Phi) is 6.77. The molecule has 9 heteroatoms. The zero-order chi connectivity index (χ0) is 24.4. The van der Waals surface area contributed by atoms with Crippen LogP contribution in [0.1, 0.15) is 55.6 Å². The summed E-state index contributed by atoms with van der Waals surface area (Å²) in [6, 6.07) is 5.35. The largest absolute Gasteiger partial charge is 0.479 e. The molecule has 0 aromatic carbocycles. The number of fused-ring (bicyclic) bond motifs is 1. The lowest BCUT2D eigenvalue weighted by molar-refractivity contribution is -0.130. The monoisotopic (exact) mass is 479 g/mol. The van der Waals surface area contributed by atoms with Gasteiger partial charge < -0.3 is 14.4 Å². The summed E-state index contributed by atoms with van der Waals surface area (Å²) in [5, 5.41) is 4.93. The molecular formula is C26H30FN5O3. The topological polar surface area (TPSA) is 82.4 Å². The molecule has 1 saturated heterocycles. The number of rotatable bonds is 7. The average Bonchev–Trinajstić information content (AvgIpc) is 3.37. The number of hydrogen-bond acceptors (Lipinski definition) is 6. The molecule has 8 nitrogen and oxygen atoms in total. The summed E-state index contributed by atoms with van der Waals surface area (Å²) in [7, 11) is 1.39. The van der Waals surface area contributed by atoms with E-state index in [0.29, 0.717) is 38.2 Å². The normalized spacial score (nSPS) is 16.8. The highest BCUT2D eigenvalue weighted by molar-refractivity contribution is 5.78. The van der Waals surface area contributed by atoms with Crippen molar-refractivity contribution in [2.24, 2.45) is 0 Å². The second kappa shape index (κ2) is 10.1. The quantitative estimate of drug-likeness (QED) is 0.508. The molecule has 1 amide bonds. The molecule has 0 aliphatic carbocycles. The third-order valence-corrected chi connectivity index (χ3v) is 6.74. The van der Waals surface area contributed by atoms with Gasteiger partial charge in [-0.15, -0.1) is 0 Å². The maximum atomic E-state index is 14.5. The van der Waals surface area contributed by atoms with Gasteiger partial charge in [0.15, 0.2) is 5.82 Å². The van der Waals surface area contributed by atoms with Crippen LogP contribution in [0.5, 0.6) is 5.88 Å². The number of pyridine rings is 2. The highest BCUT2D eigenvalue weighted by Crippen LogP contribution is 2.34. The molecule has 1 atom stereocenters. The van der Waals surface area contributed by atoms with E-state index < -0.39 is 5.82 Å². The first-order valence-corrected chi connectivity index (χ1v) is 12.2. The van der Waals surface area contributed by atoms with Gasteiger partial charge >= 0.3 is 0 Å².